The molecule has 0 bridgehead atoms. The number of anilines is 1. The molecule has 0 spiro atoms. The molecule has 0 unspecified atom stereocenters. The van der Waals surface area contributed by atoms with E-state index in [9.17, 15) is 9.18 Å². The Labute approximate surface area is 139 Å². The highest BCUT2D eigenvalue weighted by molar-refractivity contribution is 7.98. The Morgan fingerprint density at radius 1 is 1.26 bits per heavy atom. The normalized spacial score (nSPS) is 10.4. The molecule has 6 heteroatoms. The number of nitrogens with two attached hydrogens (primary N) is 1. The number of ether oxygens (including phenoxy) is 1. The first-order chi connectivity index (χ1) is 11.1. The van der Waals surface area contributed by atoms with Crippen LogP contribution in [0.4, 0.5) is 14.9 Å². The number of halogens is 1. The molecule has 122 valence electrons. The quantitative estimate of drug-likeness (QED) is 0.661. The van der Waals surface area contributed by atoms with Crippen LogP contribution in [-0.2, 0) is 4.74 Å². The zero-order valence-corrected chi connectivity index (χ0v) is 13.9. The lowest BCUT2D eigenvalue weighted by molar-refractivity contribution is 0.157. The Morgan fingerprint density at radius 2 is 1.96 bits per heavy atom. The van der Waals surface area contributed by atoms with Gasteiger partial charge in [0.1, 0.15) is 12.5 Å². The van der Waals surface area contributed by atoms with E-state index < -0.39 is 11.9 Å². The summed E-state index contributed by atoms with van der Waals surface area (Å²) in [4.78, 5) is 14.3. The van der Waals surface area contributed by atoms with E-state index in [2.05, 4.69) is 0 Å². The van der Waals surface area contributed by atoms with Crippen molar-refractivity contribution in [1.82, 2.24) is 0 Å². The molecule has 0 aliphatic heterocycles. The standard InChI is InChI=1S/C17H19FN2O2S/c1-3-20(17(21)22-11-19)13-6-9-15(16(18)10-13)12-4-7-14(23-2)8-5-12/h4-10H,3,11,19H2,1-2H3. The fourth-order valence-electron chi connectivity index (χ4n) is 2.24. The van der Waals surface area contributed by atoms with Gasteiger partial charge in [0.15, 0.2) is 0 Å². The van der Waals surface area contributed by atoms with Crippen LogP contribution in [0.5, 0.6) is 0 Å². The average molecular weight is 334 g/mol. The Balaban J connectivity index is 2.30. The predicted octanol–water partition coefficient (Wildman–Crippen LogP) is 4.09. The number of hydrogen-bond acceptors (Lipinski definition) is 4. The molecule has 0 aliphatic rings. The molecule has 0 atom stereocenters. The van der Waals surface area contributed by atoms with Crippen molar-refractivity contribution in [3.8, 4) is 11.1 Å². The van der Waals surface area contributed by atoms with Crippen molar-refractivity contribution in [1.29, 1.82) is 0 Å². The van der Waals surface area contributed by atoms with Gasteiger partial charge in [-0.1, -0.05) is 12.1 Å². The van der Waals surface area contributed by atoms with Gasteiger partial charge in [0, 0.05) is 22.7 Å². The molecule has 2 rings (SSSR count). The van der Waals surface area contributed by atoms with Crippen molar-refractivity contribution < 1.29 is 13.9 Å². The molecule has 0 fully saturated rings. The number of carbonyl (C=O) groups is 1. The van der Waals surface area contributed by atoms with Gasteiger partial charge in [-0.2, -0.15) is 0 Å². The summed E-state index contributed by atoms with van der Waals surface area (Å²) in [6.07, 6.45) is 1.40. The lowest BCUT2D eigenvalue weighted by Gasteiger charge is -2.20. The van der Waals surface area contributed by atoms with Gasteiger partial charge in [0.2, 0.25) is 0 Å². The lowest BCUT2D eigenvalue weighted by Crippen LogP contribution is -2.32. The van der Waals surface area contributed by atoms with Gasteiger partial charge in [-0.3, -0.25) is 10.6 Å². The maximum atomic E-state index is 14.5. The molecule has 0 saturated carbocycles. The number of rotatable bonds is 5. The summed E-state index contributed by atoms with van der Waals surface area (Å²) in [6, 6.07) is 12.3. The van der Waals surface area contributed by atoms with Gasteiger partial charge in [-0.05, 0) is 49.1 Å². The van der Waals surface area contributed by atoms with Crippen molar-refractivity contribution in [2.75, 3.05) is 24.4 Å². The van der Waals surface area contributed by atoms with Gasteiger partial charge in [-0.25, -0.2) is 9.18 Å². The number of nitrogens with zero attached hydrogens (tertiary/aromatic N) is 1. The Kier molecular flexibility index (Phi) is 6.01. The van der Waals surface area contributed by atoms with Gasteiger partial charge in [0.25, 0.3) is 0 Å². The highest BCUT2D eigenvalue weighted by Crippen LogP contribution is 2.28. The summed E-state index contributed by atoms with van der Waals surface area (Å²) < 4.78 is 19.2. The zero-order chi connectivity index (χ0) is 16.8. The molecule has 2 aromatic rings. The van der Waals surface area contributed by atoms with Crippen LogP contribution in [-0.4, -0.2) is 25.6 Å². The summed E-state index contributed by atoms with van der Waals surface area (Å²) in [5.74, 6) is -0.390. The average Bonchev–Trinajstić information content (AvgIpc) is 2.56. The number of amides is 1. The maximum absolute atomic E-state index is 14.5. The number of thioether (sulfide) groups is 1. The second-order valence-corrected chi connectivity index (χ2v) is 5.59. The van der Waals surface area contributed by atoms with Crippen LogP contribution in [0.3, 0.4) is 0 Å². The third-order valence-corrected chi connectivity index (χ3v) is 4.15. The van der Waals surface area contributed by atoms with E-state index in [4.69, 9.17) is 10.5 Å². The Bertz CT molecular complexity index is 677. The summed E-state index contributed by atoms with van der Waals surface area (Å²) in [6.45, 7) is 1.93. The molecular weight excluding hydrogens is 315 g/mol. The minimum atomic E-state index is -0.591. The van der Waals surface area contributed by atoms with E-state index in [-0.39, 0.29) is 6.73 Å². The van der Waals surface area contributed by atoms with E-state index in [0.29, 0.717) is 17.8 Å². The van der Waals surface area contributed by atoms with Crippen molar-refractivity contribution in [2.24, 2.45) is 5.73 Å². The van der Waals surface area contributed by atoms with E-state index in [1.54, 1.807) is 30.8 Å². The molecule has 23 heavy (non-hydrogen) atoms. The second-order valence-electron chi connectivity index (χ2n) is 4.71. The summed E-state index contributed by atoms with van der Waals surface area (Å²) >= 11 is 1.63. The first-order valence-electron chi connectivity index (χ1n) is 7.19. The molecule has 2 aromatic carbocycles. The second kappa shape index (κ2) is 7.99. The summed E-state index contributed by atoms with van der Waals surface area (Å²) in [5.41, 5.74) is 6.93. The Hall–Kier alpha value is -2.05. The minimum Gasteiger partial charge on any atom is -0.433 e. The molecule has 0 aliphatic carbocycles. The first-order valence-corrected chi connectivity index (χ1v) is 8.41. The largest absolute Gasteiger partial charge is 0.433 e. The SMILES string of the molecule is CCN(C(=O)OCN)c1ccc(-c2ccc(SC)cc2)c(F)c1. The van der Waals surface area contributed by atoms with Crippen LogP contribution >= 0.6 is 11.8 Å². The van der Waals surface area contributed by atoms with Gasteiger partial charge in [-0.15, -0.1) is 11.8 Å². The molecular formula is C17H19FN2O2S. The third kappa shape index (κ3) is 4.03. The molecule has 0 heterocycles. The van der Waals surface area contributed by atoms with E-state index in [0.717, 1.165) is 10.5 Å². The highest BCUT2D eigenvalue weighted by Gasteiger charge is 2.17. The van der Waals surface area contributed by atoms with Crippen molar-refractivity contribution in [3.63, 3.8) is 0 Å². The van der Waals surface area contributed by atoms with Crippen LogP contribution in [0, 0.1) is 5.82 Å². The monoisotopic (exact) mass is 334 g/mol. The van der Waals surface area contributed by atoms with Crippen LogP contribution < -0.4 is 10.6 Å². The Morgan fingerprint density at radius 3 is 2.48 bits per heavy atom. The van der Waals surface area contributed by atoms with Crippen molar-refractivity contribution >= 4 is 23.5 Å². The summed E-state index contributed by atoms with van der Waals surface area (Å²) in [5, 5.41) is 0. The third-order valence-electron chi connectivity index (χ3n) is 3.41. The number of benzene rings is 2. The molecule has 4 nitrogen and oxygen atoms in total. The fraction of sp³-hybridized carbons (Fsp3) is 0.235. The van der Waals surface area contributed by atoms with Crippen LogP contribution in [0.2, 0.25) is 0 Å². The van der Waals surface area contributed by atoms with E-state index in [1.165, 1.54) is 11.0 Å². The topological polar surface area (TPSA) is 55.6 Å². The van der Waals surface area contributed by atoms with Gasteiger partial charge >= 0.3 is 6.09 Å². The van der Waals surface area contributed by atoms with E-state index >= 15 is 0 Å². The molecule has 2 N–H and O–H groups in total. The van der Waals surface area contributed by atoms with E-state index in [1.807, 2.05) is 30.5 Å². The van der Waals surface area contributed by atoms with Crippen LogP contribution in [0.15, 0.2) is 47.4 Å². The van der Waals surface area contributed by atoms with Gasteiger partial charge in [0.05, 0.1) is 0 Å². The molecule has 0 saturated heterocycles. The lowest BCUT2D eigenvalue weighted by atomic mass is 10.0. The summed E-state index contributed by atoms with van der Waals surface area (Å²) in [7, 11) is 0. The molecule has 0 aromatic heterocycles. The highest BCUT2D eigenvalue weighted by atomic mass is 32.2. The number of hydrogen-bond donors (Lipinski definition) is 1. The fourth-order valence-corrected chi connectivity index (χ4v) is 2.65. The van der Waals surface area contributed by atoms with Crippen LogP contribution in [0.1, 0.15) is 6.92 Å². The number of carbonyl (C=O) groups excluding carboxylic acids is 1. The first kappa shape index (κ1) is 17.3. The molecule has 1 amide bonds. The van der Waals surface area contributed by atoms with Crippen molar-refractivity contribution in [3.05, 3.63) is 48.3 Å². The van der Waals surface area contributed by atoms with Crippen LogP contribution in [0.25, 0.3) is 11.1 Å². The smallest absolute Gasteiger partial charge is 0.415 e. The van der Waals surface area contributed by atoms with Gasteiger partial charge < -0.3 is 4.74 Å². The predicted molar refractivity (Wildman–Crippen MR) is 92.2 cm³/mol. The minimum absolute atomic E-state index is 0.211. The molecule has 0 radical (unpaired) electrons. The zero-order valence-electron chi connectivity index (χ0n) is 13.1. The maximum Gasteiger partial charge on any atom is 0.415 e. The van der Waals surface area contributed by atoms with Crippen molar-refractivity contribution in [2.45, 2.75) is 11.8 Å².